The van der Waals surface area contributed by atoms with E-state index < -0.39 is 0 Å². The van der Waals surface area contributed by atoms with Gasteiger partial charge in [-0.1, -0.05) is 60.7 Å². The first-order chi connectivity index (χ1) is 14.7. The quantitative estimate of drug-likeness (QED) is 0.692. The highest BCUT2D eigenvalue weighted by Gasteiger charge is 2.55. The molecular formula is C26H29N3O. The fraction of sp³-hybridized carbons (Fsp3) is 0.346. The lowest BCUT2D eigenvalue weighted by Crippen LogP contribution is -2.51. The summed E-state index contributed by atoms with van der Waals surface area (Å²) in [7, 11) is 0. The Bertz CT molecular complexity index is 1070. The number of rotatable bonds is 5. The standard InChI is InChI=1S/C26H29N3O/c1-20-24(22-11-5-6-12-23(22)27-20)26(13-14-26)25(30)29-18-16-28(17-19-29)15-7-10-21-8-3-2-4-9-21/h2-12,27H,13-19H2,1H3/b10-7+. The Morgan fingerprint density at radius 2 is 1.70 bits per heavy atom. The van der Waals surface area contributed by atoms with Crippen LogP contribution in [0.25, 0.3) is 17.0 Å². The zero-order valence-corrected chi connectivity index (χ0v) is 17.6. The van der Waals surface area contributed by atoms with Gasteiger partial charge in [0.05, 0.1) is 5.41 Å². The molecule has 154 valence electrons. The van der Waals surface area contributed by atoms with Crippen LogP contribution in [-0.2, 0) is 10.2 Å². The molecule has 0 unspecified atom stereocenters. The molecule has 0 bridgehead atoms. The number of carbonyl (C=O) groups is 1. The topological polar surface area (TPSA) is 39.3 Å². The number of nitrogens with one attached hydrogen (secondary N) is 1. The fourth-order valence-electron chi connectivity index (χ4n) is 4.93. The monoisotopic (exact) mass is 399 g/mol. The van der Waals surface area contributed by atoms with Crippen molar-refractivity contribution >= 4 is 22.9 Å². The van der Waals surface area contributed by atoms with Crippen LogP contribution in [0.15, 0.2) is 60.7 Å². The van der Waals surface area contributed by atoms with Crippen molar-refractivity contribution in [3.8, 4) is 0 Å². The summed E-state index contributed by atoms with van der Waals surface area (Å²) in [5, 5.41) is 1.21. The van der Waals surface area contributed by atoms with Gasteiger partial charge in [-0.25, -0.2) is 0 Å². The van der Waals surface area contributed by atoms with Crippen LogP contribution in [0.5, 0.6) is 0 Å². The molecule has 2 fully saturated rings. The molecule has 4 heteroatoms. The first-order valence-corrected chi connectivity index (χ1v) is 11.0. The molecule has 5 rings (SSSR count). The minimum atomic E-state index is -0.306. The van der Waals surface area contributed by atoms with Crippen LogP contribution in [-0.4, -0.2) is 53.4 Å². The number of carbonyl (C=O) groups excluding carboxylic acids is 1. The van der Waals surface area contributed by atoms with Gasteiger partial charge in [-0.3, -0.25) is 9.69 Å². The third-order valence-electron chi connectivity index (χ3n) is 6.66. The Balaban J connectivity index is 1.24. The van der Waals surface area contributed by atoms with Gasteiger partial charge >= 0.3 is 0 Å². The highest BCUT2D eigenvalue weighted by molar-refractivity contribution is 5.98. The number of benzene rings is 2. The molecule has 1 saturated heterocycles. The Kier molecular flexibility index (Phi) is 4.95. The molecule has 1 aliphatic heterocycles. The second-order valence-corrected chi connectivity index (χ2v) is 8.66. The minimum Gasteiger partial charge on any atom is -0.358 e. The number of H-pyrrole nitrogens is 1. The van der Waals surface area contributed by atoms with Crippen molar-refractivity contribution in [2.45, 2.75) is 25.2 Å². The Hall–Kier alpha value is -2.85. The van der Waals surface area contributed by atoms with Crippen molar-refractivity contribution in [2.75, 3.05) is 32.7 Å². The summed E-state index contributed by atoms with van der Waals surface area (Å²) in [6.45, 7) is 6.56. The van der Waals surface area contributed by atoms with Gasteiger partial charge in [-0.05, 0) is 37.0 Å². The van der Waals surface area contributed by atoms with E-state index in [0.29, 0.717) is 5.91 Å². The second-order valence-electron chi connectivity index (χ2n) is 8.66. The van der Waals surface area contributed by atoms with E-state index >= 15 is 0 Å². The van der Waals surface area contributed by atoms with E-state index in [1.165, 1.54) is 16.5 Å². The first kappa shape index (κ1) is 19.1. The molecule has 3 aromatic rings. The molecule has 0 spiro atoms. The Morgan fingerprint density at radius 1 is 1.00 bits per heavy atom. The van der Waals surface area contributed by atoms with Crippen molar-refractivity contribution < 1.29 is 4.79 Å². The maximum absolute atomic E-state index is 13.6. The number of nitrogens with zero attached hydrogens (tertiary/aromatic N) is 2. The molecule has 1 saturated carbocycles. The van der Waals surface area contributed by atoms with Crippen molar-refractivity contribution in [3.05, 3.63) is 77.5 Å². The second kappa shape index (κ2) is 7.77. The lowest BCUT2D eigenvalue weighted by atomic mass is 9.91. The SMILES string of the molecule is Cc1[nH]c2ccccc2c1C1(C(=O)N2CCN(C/C=C/c3ccccc3)CC2)CC1. The maximum atomic E-state index is 13.6. The van der Waals surface area contributed by atoms with Crippen molar-refractivity contribution in [3.63, 3.8) is 0 Å². The summed E-state index contributed by atoms with van der Waals surface area (Å²) < 4.78 is 0. The molecule has 0 radical (unpaired) electrons. The predicted octanol–water partition coefficient (Wildman–Crippen LogP) is 4.37. The number of amides is 1. The molecule has 0 atom stereocenters. The highest BCUT2D eigenvalue weighted by Crippen LogP contribution is 2.53. The number of aromatic amines is 1. The average molecular weight is 400 g/mol. The third-order valence-corrected chi connectivity index (χ3v) is 6.66. The van der Waals surface area contributed by atoms with E-state index in [0.717, 1.165) is 56.8 Å². The van der Waals surface area contributed by atoms with Crippen LogP contribution in [0.4, 0.5) is 0 Å². The molecule has 30 heavy (non-hydrogen) atoms. The molecule has 1 N–H and O–H groups in total. The molecule has 2 aromatic carbocycles. The summed E-state index contributed by atoms with van der Waals surface area (Å²) in [6, 6.07) is 18.8. The van der Waals surface area contributed by atoms with E-state index in [1.807, 2.05) is 6.07 Å². The zero-order chi connectivity index (χ0) is 20.6. The Labute approximate surface area is 178 Å². The van der Waals surface area contributed by atoms with Gasteiger partial charge in [-0.15, -0.1) is 0 Å². The van der Waals surface area contributed by atoms with Crippen LogP contribution in [0, 0.1) is 6.92 Å². The first-order valence-electron chi connectivity index (χ1n) is 11.0. The van der Waals surface area contributed by atoms with Gasteiger partial charge in [0.1, 0.15) is 0 Å². The van der Waals surface area contributed by atoms with Crippen LogP contribution in [0.2, 0.25) is 0 Å². The molecule has 2 heterocycles. The summed E-state index contributed by atoms with van der Waals surface area (Å²) in [5.41, 5.74) is 4.44. The number of aryl methyl sites for hydroxylation is 1. The van der Waals surface area contributed by atoms with E-state index in [-0.39, 0.29) is 5.41 Å². The predicted molar refractivity (Wildman–Crippen MR) is 122 cm³/mol. The Morgan fingerprint density at radius 3 is 2.43 bits per heavy atom. The minimum absolute atomic E-state index is 0.306. The molecule has 1 aromatic heterocycles. The summed E-state index contributed by atoms with van der Waals surface area (Å²) in [4.78, 5) is 21.6. The fourth-order valence-corrected chi connectivity index (χ4v) is 4.93. The normalized spacial score (nSPS) is 18.9. The third kappa shape index (κ3) is 3.46. The van der Waals surface area contributed by atoms with Crippen LogP contribution in [0.3, 0.4) is 0 Å². The number of fused-ring (bicyclic) bond motifs is 1. The van der Waals surface area contributed by atoms with Gasteiger partial charge < -0.3 is 9.88 Å². The number of para-hydroxylation sites is 1. The lowest BCUT2D eigenvalue weighted by Gasteiger charge is -2.36. The van der Waals surface area contributed by atoms with Crippen molar-refractivity contribution in [2.24, 2.45) is 0 Å². The van der Waals surface area contributed by atoms with Crippen molar-refractivity contribution in [1.82, 2.24) is 14.8 Å². The van der Waals surface area contributed by atoms with Crippen molar-refractivity contribution in [1.29, 1.82) is 0 Å². The molecule has 1 amide bonds. The molecular weight excluding hydrogens is 370 g/mol. The van der Waals surface area contributed by atoms with Crippen LogP contribution < -0.4 is 0 Å². The average Bonchev–Trinajstić information content (AvgIpc) is 3.50. The smallest absolute Gasteiger partial charge is 0.233 e. The van der Waals surface area contributed by atoms with E-state index in [9.17, 15) is 4.79 Å². The van der Waals surface area contributed by atoms with E-state index in [4.69, 9.17) is 0 Å². The van der Waals surface area contributed by atoms with Gasteiger partial charge in [-0.2, -0.15) is 0 Å². The van der Waals surface area contributed by atoms with Crippen LogP contribution in [0.1, 0.15) is 29.7 Å². The number of piperazine rings is 1. The number of aromatic nitrogens is 1. The molecule has 2 aliphatic rings. The number of hydrogen-bond acceptors (Lipinski definition) is 2. The largest absolute Gasteiger partial charge is 0.358 e. The van der Waals surface area contributed by atoms with Gasteiger partial charge in [0.15, 0.2) is 0 Å². The van der Waals surface area contributed by atoms with E-state index in [1.54, 1.807) is 0 Å². The van der Waals surface area contributed by atoms with Gasteiger partial charge in [0.25, 0.3) is 0 Å². The highest BCUT2D eigenvalue weighted by atomic mass is 16.2. The number of hydrogen-bond donors (Lipinski definition) is 1. The molecule has 4 nitrogen and oxygen atoms in total. The summed E-state index contributed by atoms with van der Waals surface area (Å²) >= 11 is 0. The van der Waals surface area contributed by atoms with Gasteiger partial charge in [0, 0.05) is 49.3 Å². The summed E-state index contributed by atoms with van der Waals surface area (Å²) in [5.74, 6) is 0.329. The lowest BCUT2D eigenvalue weighted by molar-refractivity contribution is -0.135. The zero-order valence-electron chi connectivity index (χ0n) is 17.6. The molecule has 1 aliphatic carbocycles. The summed E-state index contributed by atoms with van der Waals surface area (Å²) in [6.07, 6.45) is 6.34. The van der Waals surface area contributed by atoms with Gasteiger partial charge in [0.2, 0.25) is 5.91 Å². The maximum Gasteiger partial charge on any atom is 0.233 e. The van der Waals surface area contributed by atoms with Crippen LogP contribution >= 0.6 is 0 Å². The van der Waals surface area contributed by atoms with E-state index in [2.05, 4.69) is 82.4 Å².